The summed E-state index contributed by atoms with van der Waals surface area (Å²) in [6, 6.07) is 5.22. The van der Waals surface area contributed by atoms with Crippen molar-refractivity contribution in [1.82, 2.24) is 0 Å². The summed E-state index contributed by atoms with van der Waals surface area (Å²) in [4.78, 5) is 2.11. The van der Waals surface area contributed by atoms with Crippen LogP contribution in [0, 0.1) is 5.82 Å². The maximum Gasteiger partial charge on any atom is 0.128 e. The molecule has 0 saturated heterocycles. The number of anilines is 1. The molecule has 0 aliphatic carbocycles. The number of benzene rings is 1. The summed E-state index contributed by atoms with van der Waals surface area (Å²) < 4.78 is 13.6. The molecule has 2 nitrogen and oxygen atoms in total. The Labute approximate surface area is 97.3 Å². The van der Waals surface area contributed by atoms with Gasteiger partial charge in [0, 0.05) is 24.8 Å². The molecule has 1 rings (SSSR count). The SMILES string of the molecule is CCCCN(C)c1cccc(F)c1CCN. The zero-order valence-corrected chi connectivity index (χ0v) is 10.2. The van der Waals surface area contributed by atoms with E-state index in [1.165, 1.54) is 6.07 Å². The molecule has 0 aromatic heterocycles. The smallest absolute Gasteiger partial charge is 0.128 e. The standard InChI is InChI=1S/C13H21FN2/c1-3-4-10-16(2)13-7-5-6-12(14)11(13)8-9-15/h5-7H,3-4,8-10,15H2,1-2H3. The predicted molar refractivity (Wildman–Crippen MR) is 67.3 cm³/mol. The predicted octanol–water partition coefficient (Wildman–Crippen LogP) is 2.56. The molecule has 0 saturated carbocycles. The van der Waals surface area contributed by atoms with E-state index in [0.717, 1.165) is 30.6 Å². The van der Waals surface area contributed by atoms with E-state index in [0.29, 0.717) is 13.0 Å². The fourth-order valence-electron chi connectivity index (χ4n) is 1.81. The van der Waals surface area contributed by atoms with Gasteiger partial charge in [-0.15, -0.1) is 0 Å². The highest BCUT2D eigenvalue weighted by molar-refractivity contribution is 5.53. The topological polar surface area (TPSA) is 29.3 Å². The van der Waals surface area contributed by atoms with Gasteiger partial charge in [-0.25, -0.2) is 4.39 Å². The zero-order valence-electron chi connectivity index (χ0n) is 10.2. The maximum atomic E-state index is 13.6. The molecule has 0 spiro atoms. The van der Waals surface area contributed by atoms with Crippen molar-refractivity contribution in [1.29, 1.82) is 0 Å². The molecule has 0 fully saturated rings. The Morgan fingerprint density at radius 2 is 2.12 bits per heavy atom. The summed E-state index contributed by atoms with van der Waals surface area (Å²) >= 11 is 0. The summed E-state index contributed by atoms with van der Waals surface area (Å²) in [5.74, 6) is -0.147. The second-order valence-electron chi connectivity index (χ2n) is 4.05. The number of hydrogen-bond donors (Lipinski definition) is 1. The Kier molecular flexibility index (Phi) is 5.26. The molecular weight excluding hydrogens is 203 g/mol. The lowest BCUT2D eigenvalue weighted by Gasteiger charge is -2.22. The van der Waals surface area contributed by atoms with E-state index in [-0.39, 0.29) is 5.82 Å². The molecule has 90 valence electrons. The van der Waals surface area contributed by atoms with Crippen molar-refractivity contribution in [2.75, 3.05) is 25.0 Å². The summed E-state index contributed by atoms with van der Waals surface area (Å²) in [6.45, 7) is 3.59. The number of halogens is 1. The molecule has 1 aromatic rings. The largest absolute Gasteiger partial charge is 0.374 e. The fraction of sp³-hybridized carbons (Fsp3) is 0.538. The Morgan fingerprint density at radius 1 is 1.38 bits per heavy atom. The van der Waals surface area contributed by atoms with Crippen molar-refractivity contribution in [3.05, 3.63) is 29.6 Å². The average Bonchev–Trinajstić information content (AvgIpc) is 2.29. The van der Waals surface area contributed by atoms with E-state index < -0.39 is 0 Å². The molecule has 16 heavy (non-hydrogen) atoms. The van der Waals surface area contributed by atoms with Crippen molar-refractivity contribution in [3.63, 3.8) is 0 Å². The molecule has 0 atom stereocenters. The maximum absolute atomic E-state index is 13.6. The highest BCUT2D eigenvalue weighted by Gasteiger charge is 2.10. The minimum atomic E-state index is -0.147. The molecule has 0 unspecified atom stereocenters. The Morgan fingerprint density at radius 3 is 2.75 bits per heavy atom. The number of rotatable bonds is 6. The van der Waals surface area contributed by atoms with Gasteiger partial charge in [0.25, 0.3) is 0 Å². The highest BCUT2D eigenvalue weighted by atomic mass is 19.1. The Hall–Kier alpha value is -1.09. The van der Waals surface area contributed by atoms with E-state index in [1.807, 2.05) is 13.1 Å². The molecule has 0 amide bonds. The van der Waals surface area contributed by atoms with Crippen LogP contribution in [0.4, 0.5) is 10.1 Å². The van der Waals surface area contributed by atoms with Gasteiger partial charge in [0.2, 0.25) is 0 Å². The van der Waals surface area contributed by atoms with Gasteiger partial charge in [-0.2, -0.15) is 0 Å². The van der Waals surface area contributed by atoms with Crippen LogP contribution in [0.2, 0.25) is 0 Å². The monoisotopic (exact) mass is 224 g/mol. The molecule has 0 aliphatic heterocycles. The highest BCUT2D eigenvalue weighted by Crippen LogP contribution is 2.22. The molecule has 2 N–H and O–H groups in total. The molecule has 0 aliphatic rings. The lowest BCUT2D eigenvalue weighted by Crippen LogP contribution is -2.21. The minimum absolute atomic E-state index is 0.147. The van der Waals surface area contributed by atoms with Crippen molar-refractivity contribution < 1.29 is 4.39 Å². The first-order valence-corrected chi connectivity index (χ1v) is 5.89. The number of hydrogen-bond acceptors (Lipinski definition) is 2. The van der Waals surface area contributed by atoms with Gasteiger partial charge in [-0.3, -0.25) is 0 Å². The van der Waals surface area contributed by atoms with Crippen LogP contribution in [0.3, 0.4) is 0 Å². The van der Waals surface area contributed by atoms with Crippen LogP contribution < -0.4 is 10.6 Å². The third-order valence-corrected chi connectivity index (χ3v) is 2.75. The fourth-order valence-corrected chi connectivity index (χ4v) is 1.81. The van der Waals surface area contributed by atoms with E-state index in [9.17, 15) is 4.39 Å². The number of nitrogens with two attached hydrogens (primary N) is 1. The lowest BCUT2D eigenvalue weighted by molar-refractivity contribution is 0.608. The van der Waals surface area contributed by atoms with Gasteiger partial charge in [0.1, 0.15) is 5.82 Å². The van der Waals surface area contributed by atoms with Crippen LogP contribution in [0.25, 0.3) is 0 Å². The number of unbranched alkanes of at least 4 members (excludes halogenated alkanes) is 1. The summed E-state index contributed by atoms with van der Waals surface area (Å²) in [5, 5.41) is 0. The van der Waals surface area contributed by atoms with Crippen LogP contribution >= 0.6 is 0 Å². The molecule has 0 radical (unpaired) electrons. The second-order valence-corrected chi connectivity index (χ2v) is 4.05. The normalized spacial score (nSPS) is 10.5. The van der Waals surface area contributed by atoms with Crippen molar-refractivity contribution >= 4 is 5.69 Å². The molecule has 3 heteroatoms. The first-order chi connectivity index (χ1) is 7.70. The molecule has 0 bridgehead atoms. The summed E-state index contributed by atoms with van der Waals surface area (Å²) in [5.41, 5.74) is 7.22. The van der Waals surface area contributed by atoms with Crippen LogP contribution in [0.5, 0.6) is 0 Å². The third kappa shape index (κ3) is 3.20. The average molecular weight is 224 g/mol. The van der Waals surface area contributed by atoms with Gasteiger partial charge in [0.05, 0.1) is 0 Å². The first kappa shape index (κ1) is 13.0. The minimum Gasteiger partial charge on any atom is -0.374 e. The summed E-state index contributed by atoms with van der Waals surface area (Å²) in [7, 11) is 2.00. The second kappa shape index (κ2) is 6.48. The Bertz CT molecular complexity index is 326. The quantitative estimate of drug-likeness (QED) is 0.804. The van der Waals surface area contributed by atoms with Gasteiger partial charge >= 0.3 is 0 Å². The van der Waals surface area contributed by atoms with Crippen molar-refractivity contribution in [2.24, 2.45) is 5.73 Å². The number of nitrogens with zero attached hydrogens (tertiary/aromatic N) is 1. The van der Waals surface area contributed by atoms with Gasteiger partial charge < -0.3 is 10.6 Å². The Balaban J connectivity index is 2.88. The molecular formula is C13H21FN2. The van der Waals surface area contributed by atoms with Gasteiger partial charge in [-0.1, -0.05) is 19.4 Å². The van der Waals surface area contributed by atoms with Gasteiger partial charge in [-0.05, 0) is 31.5 Å². The van der Waals surface area contributed by atoms with E-state index in [1.54, 1.807) is 6.07 Å². The zero-order chi connectivity index (χ0) is 12.0. The van der Waals surface area contributed by atoms with Gasteiger partial charge in [0.15, 0.2) is 0 Å². The lowest BCUT2D eigenvalue weighted by atomic mass is 10.1. The molecule has 0 heterocycles. The first-order valence-electron chi connectivity index (χ1n) is 5.89. The molecule has 1 aromatic carbocycles. The van der Waals surface area contributed by atoms with Crippen LogP contribution in [0.15, 0.2) is 18.2 Å². The van der Waals surface area contributed by atoms with Crippen molar-refractivity contribution in [2.45, 2.75) is 26.2 Å². The van der Waals surface area contributed by atoms with Crippen molar-refractivity contribution in [3.8, 4) is 0 Å². The van der Waals surface area contributed by atoms with Crippen LogP contribution in [-0.2, 0) is 6.42 Å². The summed E-state index contributed by atoms with van der Waals surface area (Å²) in [6.07, 6.45) is 2.86. The third-order valence-electron chi connectivity index (χ3n) is 2.75. The van der Waals surface area contributed by atoms with E-state index >= 15 is 0 Å². The van der Waals surface area contributed by atoms with E-state index in [2.05, 4.69) is 11.8 Å². The van der Waals surface area contributed by atoms with Crippen LogP contribution in [-0.4, -0.2) is 20.1 Å². The van der Waals surface area contributed by atoms with E-state index in [4.69, 9.17) is 5.73 Å². The van der Waals surface area contributed by atoms with Crippen LogP contribution in [0.1, 0.15) is 25.3 Å².